The Kier molecular flexibility index (Phi) is 3.63. The number of amides is 1. The van der Waals surface area contributed by atoms with E-state index in [9.17, 15) is 4.79 Å². The maximum atomic E-state index is 12.3. The molecule has 1 aliphatic heterocycles. The fourth-order valence-corrected chi connectivity index (χ4v) is 3.09. The van der Waals surface area contributed by atoms with Crippen LogP contribution >= 0.6 is 22.9 Å². The van der Waals surface area contributed by atoms with E-state index in [2.05, 4.69) is 9.88 Å². The van der Waals surface area contributed by atoms with Crippen LogP contribution in [0, 0.1) is 0 Å². The Hall–Kier alpha value is -1.59. The molecule has 6 heteroatoms. The van der Waals surface area contributed by atoms with E-state index in [4.69, 9.17) is 11.6 Å². The Labute approximate surface area is 126 Å². The molecule has 1 aliphatic rings. The number of carbonyl (C=O) groups is 1. The molecule has 2 heterocycles. The maximum absolute atomic E-state index is 12.3. The Morgan fingerprint density at radius 3 is 2.95 bits per heavy atom. The smallest absolute Gasteiger partial charge is 0.254 e. The zero-order valence-electron chi connectivity index (χ0n) is 11.0. The number of carbonyl (C=O) groups excluding carboxylic acids is 1. The van der Waals surface area contributed by atoms with Gasteiger partial charge in [0.2, 0.25) is 0 Å². The molecular weight excluding hydrogens is 294 g/mol. The Balaban J connectivity index is 1.61. The number of likely N-dealkylation sites (tertiary alicyclic amines) is 1. The van der Waals surface area contributed by atoms with Crippen molar-refractivity contribution < 1.29 is 4.79 Å². The van der Waals surface area contributed by atoms with Crippen LogP contribution in [-0.2, 0) is 0 Å². The van der Waals surface area contributed by atoms with Gasteiger partial charge in [-0.2, -0.15) is 0 Å². The minimum atomic E-state index is 0.0382. The third-order valence-electron chi connectivity index (χ3n) is 3.49. The number of rotatable bonds is 3. The van der Waals surface area contributed by atoms with Crippen molar-refractivity contribution in [2.24, 2.45) is 0 Å². The number of aromatic nitrogens is 1. The van der Waals surface area contributed by atoms with E-state index in [1.54, 1.807) is 41.8 Å². The quantitative estimate of drug-likeness (QED) is 0.875. The summed E-state index contributed by atoms with van der Waals surface area (Å²) in [6, 6.07) is 7.42. The van der Waals surface area contributed by atoms with Crippen molar-refractivity contribution in [2.45, 2.75) is 6.04 Å². The zero-order valence-corrected chi connectivity index (χ0v) is 12.6. The van der Waals surface area contributed by atoms with Crippen LogP contribution in [0.3, 0.4) is 0 Å². The van der Waals surface area contributed by atoms with Crippen LogP contribution in [0.4, 0.5) is 5.13 Å². The van der Waals surface area contributed by atoms with Crippen molar-refractivity contribution in [1.29, 1.82) is 0 Å². The van der Waals surface area contributed by atoms with E-state index in [0.717, 1.165) is 18.2 Å². The number of hydrogen-bond acceptors (Lipinski definition) is 4. The highest BCUT2D eigenvalue weighted by atomic mass is 35.5. The first-order valence-electron chi connectivity index (χ1n) is 6.32. The number of anilines is 1. The number of thiazole rings is 1. The molecule has 2 aromatic rings. The van der Waals surface area contributed by atoms with Crippen LogP contribution in [0.25, 0.3) is 0 Å². The lowest BCUT2D eigenvalue weighted by Gasteiger charge is -2.43. The first-order chi connectivity index (χ1) is 9.65. The monoisotopic (exact) mass is 307 g/mol. The predicted octanol–water partition coefficient (Wildman–Crippen LogP) is 2.76. The molecule has 1 aromatic heterocycles. The second-order valence-corrected chi connectivity index (χ2v) is 6.11. The van der Waals surface area contributed by atoms with Crippen molar-refractivity contribution in [3.05, 3.63) is 46.4 Å². The summed E-state index contributed by atoms with van der Waals surface area (Å²) < 4.78 is 0. The first-order valence-corrected chi connectivity index (χ1v) is 7.58. The number of hydrogen-bond donors (Lipinski definition) is 0. The Bertz CT molecular complexity index is 611. The first kappa shape index (κ1) is 13.4. The SMILES string of the molecule is CN(c1nccs1)C1CN(C(=O)c2cccc(Cl)c2)C1. The lowest BCUT2D eigenvalue weighted by molar-refractivity contribution is 0.0604. The number of nitrogens with zero attached hydrogens (tertiary/aromatic N) is 3. The third-order valence-corrected chi connectivity index (χ3v) is 4.59. The normalized spacial score (nSPS) is 15.0. The average Bonchev–Trinajstić information content (AvgIpc) is 2.90. The summed E-state index contributed by atoms with van der Waals surface area (Å²) in [6.45, 7) is 1.45. The van der Waals surface area contributed by atoms with Gasteiger partial charge in [0, 0.05) is 42.3 Å². The van der Waals surface area contributed by atoms with Crippen molar-refractivity contribution in [2.75, 3.05) is 25.0 Å². The van der Waals surface area contributed by atoms with Crippen LogP contribution in [0.1, 0.15) is 10.4 Å². The molecule has 0 atom stereocenters. The molecule has 3 rings (SSSR count). The summed E-state index contributed by atoms with van der Waals surface area (Å²) in [4.78, 5) is 20.5. The summed E-state index contributed by atoms with van der Waals surface area (Å²) in [5.74, 6) is 0.0382. The molecule has 1 amide bonds. The minimum absolute atomic E-state index is 0.0382. The van der Waals surface area contributed by atoms with Crippen LogP contribution in [0.2, 0.25) is 5.02 Å². The number of halogens is 1. The van der Waals surface area contributed by atoms with E-state index in [0.29, 0.717) is 16.6 Å². The van der Waals surface area contributed by atoms with E-state index in [-0.39, 0.29) is 5.91 Å². The summed E-state index contributed by atoms with van der Waals surface area (Å²) in [7, 11) is 2.02. The molecule has 0 radical (unpaired) electrons. The minimum Gasteiger partial charge on any atom is -0.345 e. The summed E-state index contributed by atoms with van der Waals surface area (Å²) in [5.41, 5.74) is 0.646. The van der Waals surface area contributed by atoms with Crippen molar-refractivity contribution in [3.63, 3.8) is 0 Å². The Morgan fingerprint density at radius 1 is 1.50 bits per heavy atom. The molecule has 0 aliphatic carbocycles. The highest BCUT2D eigenvalue weighted by Crippen LogP contribution is 2.24. The van der Waals surface area contributed by atoms with Crippen LogP contribution in [-0.4, -0.2) is 42.0 Å². The lowest BCUT2D eigenvalue weighted by atomic mass is 10.1. The second-order valence-electron chi connectivity index (χ2n) is 4.80. The molecule has 104 valence electrons. The van der Waals surface area contributed by atoms with E-state index >= 15 is 0 Å². The fourth-order valence-electron chi connectivity index (χ4n) is 2.22. The van der Waals surface area contributed by atoms with E-state index in [1.807, 2.05) is 17.3 Å². The molecule has 1 fully saturated rings. The molecular formula is C14H14ClN3OS. The number of likely N-dealkylation sites (N-methyl/N-ethyl adjacent to an activating group) is 1. The van der Waals surface area contributed by atoms with Crippen LogP contribution in [0.15, 0.2) is 35.8 Å². The lowest BCUT2D eigenvalue weighted by Crippen LogP contribution is -2.60. The summed E-state index contributed by atoms with van der Waals surface area (Å²) in [5, 5.41) is 3.54. The van der Waals surface area contributed by atoms with Crippen molar-refractivity contribution in [3.8, 4) is 0 Å². The largest absolute Gasteiger partial charge is 0.345 e. The van der Waals surface area contributed by atoms with Crippen LogP contribution < -0.4 is 4.90 Å². The van der Waals surface area contributed by atoms with E-state index in [1.165, 1.54) is 0 Å². The third kappa shape index (κ3) is 2.51. The van der Waals surface area contributed by atoms with Gasteiger partial charge in [0.1, 0.15) is 0 Å². The van der Waals surface area contributed by atoms with Gasteiger partial charge in [-0.15, -0.1) is 11.3 Å². The highest BCUT2D eigenvalue weighted by Gasteiger charge is 2.34. The molecule has 1 aromatic carbocycles. The van der Waals surface area contributed by atoms with Gasteiger partial charge < -0.3 is 9.80 Å². The average molecular weight is 308 g/mol. The standard InChI is InChI=1S/C14H14ClN3OS/c1-17(14-16-5-6-20-14)12-8-18(9-12)13(19)10-3-2-4-11(15)7-10/h2-7,12H,8-9H2,1H3. The van der Waals surface area contributed by atoms with Crippen molar-refractivity contribution in [1.82, 2.24) is 9.88 Å². The summed E-state index contributed by atoms with van der Waals surface area (Å²) in [6.07, 6.45) is 1.80. The van der Waals surface area contributed by atoms with Crippen molar-refractivity contribution >= 4 is 34.0 Å². The summed E-state index contributed by atoms with van der Waals surface area (Å²) >= 11 is 7.53. The topological polar surface area (TPSA) is 36.4 Å². The van der Waals surface area contributed by atoms with Gasteiger partial charge in [0.15, 0.2) is 5.13 Å². The van der Waals surface area contributed by atoms with Gasteiger partial charge in [-0.1, -0.05) is 17.7 Å². The number of benzene rings is 1. The Morgan fingerprint density at radius 2 is 2.30 bits per heavy atom. The molecule has 0 unspecified atom stereocenters. The van der Waals surface area contributed by atoms with Gasteiger partial charge in [0.25, 0.3) is 5.91 Å². The maximum Gasteiger partial charge on any atom is 0.254 e. The van der Waals surface area contributed by atoms with Gasteiger partial charge in [0.05, 0.1) is 6.04 Å². The zero-order chi connectivity index (χ0) is 14.1. The molecule has 20 heavy (non-hydrogen) atoms. The molecule has 0 spiro atoms. The van der Waals surface area contributed by atoms with Gasteiger partial charge >= 0.3 is 0 Å². The molecule has 4 nitrogen and oxygen atoms in total. The van der Waals surface area contributed by atoms with Crippen LogP contribution in [0.5, 0.6) is 0 Å². The molecule has 0 bridgehead atoms. The molecule has 0 N–H and O–H groups in total. The van der Waals surface area contributed by atoms with Gasteiger partial charge in [-0.25, -0.2) is 4.98 Å². The predicted molar refractivity (Wildman–Crippen MR) is 81.7 cm³/mol. The fraction of sp³-hybridized carbons (Fsp3) is 0.286. The molecule has 0 saturated carbocycles. The van der Waals surface area contributed by atoms with Gasteiger partial charge in [-0.05, 0) is 18.2 Å². The van der Waals surface area contributed by atoms with E-state index < -0.39 is 0 Å². The highest BCUT2D eigenvalue weighted by molar-refractivity contribution is 7.13. The van der Waals surface area contributed by atoms with Gasteiger partial charge in [-0.3, -0.25) is 4.79 Å². The second kappa shape index (κ2) is 5.42. The molecule has 1 saturated heterocycles.